The van der Waals surface area contributed by atoms with Crippen molar-refractivity contribution in [3.05, 3.63) is 59.4 Å². The lowest BCUT2D eigenvalue weighted by molar-refractivity contribution is 0.143. The first kappa shape index (κ1) is 17.7. The van der Waals surface area contributed by atoms with E-state index in [-0.39, 0.29) is 23.0 Å². The average molecular weight is 385 g/mol. The Morgan fingerprint density at radius 3 is 2.56 bits per heavy atom. The highest BCUT2D eigenvalue weighted by molar-refractivity contribution is 7.89. The number of ether oxygens (including phenoxy) is 1. The monoisotopic (exact) mass is 384 g/mol. The van der Waals surface area contributed by atoms with Gasteiger partial charge < -0.3 is 4.74 Å². The van der Waals surface area contributed by atoms with E-state index < -0.39 is 28.0 Å². The molecule has 1 heterocycles. The summed E-state index contributed by atoms with van der Waals surface area (Å²) < 4.78 is 45.1. The molecule has 1 atom stereocenters. The van der Waals surface area contributed by atoms with Gasteiger partial charge in [-0.25, -0.2) is 22.3 Å². The molecule has 1 N–H and O–H groups in total. The third-order valence-electron chi connectivity index (χ3n) is 3.64. The van der Waals surface area contributed by atoms with E-state index in [0.29, 0.717) is 5.69 Å². The molecule has 0 aliphatic carbocycles. The lowest BCUT2D eigenvalue weighted by Crippen LogP contribution is -2.34. The summed E-state index contributed by atoms with van der Waals surface area (Å²) in [6, 6.07) is 11.4. The summed E-state index contributed by atoms with van der Waals surface area (Å²) in [4.78, 5) is 13.2. The number of hydrogen-bond donors (Lipinski definition) is 1. The highest BCUT2D eigenvalue weighted by Gasteiger charge is 2.33. The molecule has 132 valence electrons. The van der Waals surface area contributed by atoms with E-state index in [0.717, 1.165) is 0 Å². The van der Waals surface area contributed by atoms with Gasteiger partial charge in [-0.3, -0.25) is 4.90 Å². The van der Waals surface area contributed by atoms with Crippen molar-refractivity contribution in [3.8, 4) is 0 Å². The molecule has 1 unspecified atom stereocenters. The fourth-order valence-electron chi connectivity index (χ4n) is 2.40. The fraction of sp³-hybridized carbons (Fsp3) is 0.188. The molecular formula is C16H14ClFN2O4S. The van der Waals surface area contributed by atoms with Crippen LogP contribution in [0.5, 0.6) is 0 Å². The van der Waals surface area contributed by atoms with Crippen molar-refractivity contribution in [2.45, 2.75) is 11.0 Å². The smallest absolute Gasteiger partial charge is 0.414 e. The summed E-state index contributed by atoms with van der Waals surface area (Å²) in [5, 5.41) is 0.103. The molecule has 0 radical (unpaired) electrons. The van der Waals surface area contributed by atoms with Crippen molar-refractivity contribution in [3.63, 3.8) is 0 Å². The Morgan fingerprint density at radius 2 is 1.88 bits per heavy atom. The van der Waals surface area contributed by atoms with Gasteiger partial charge in [0, 0.05) is 12.2 Å². The number of nitrogens with zero attached hydrogens (tertiary/aromatic N) is 1. The molecule has 1 aliphatic heterocycles. The quantitative estimate of drug-likeness (QED) is 0.860. The number of amides is 1. The standard InChI is InChI=1S/C16H14ClFN2O4S/c17-14-3-1-2-4-15(14)25(22,23)19-9-13-10-20(16(21)24-13)12-7-5-11(18)6-8-12/h1-8,13,19H,9-10H2. The number of carbonyl (C=O) groups is 1. The third kappa shape index (κ3) is 3.92. The molecule has 2 aromatic rings. The lowest BCUT2D eigenvalue weighted by Gasteiger charge is -2.13. The Hall–Kier alpha value is -2.16. The van der Waals surface area contributed by atoms with Gasteiger partial charge in [-0.05, 0) is 36.4 Å². The SMILES string of the molecule is O=C1OC(CNS(=O)(=O)c2ccccc2Cl)CN1c1ccc(F)cc1. The Balaban J connectivity index is 1.66. The highest BCUT2D eigenvalue weighted by Crippen LogP contribution is 2.23. The number of hydrogen-bond acceptors (Lipinski definition) is 4. The van der Waals surface area contributed by atoms with Gasteiger partial charge in [-0.15, -0.1) is 0 Å². The Kier molecular flexibility index (Phi) is 4.94. The van der Waals surface area contributed by atoms with E-state index in [9.17, 15) is 17.6 Å². The Morgan fingerprint density at radius 1 is 1.20 bits per heavy atom. The Labute approximate surface area is 149 Å². The molecule has 1 saturated heterocycles. The summed E-state index contributed by atoms with van der Waals surface area (Å²) in [6.07, 6.45) is -1.29. The van der Waals surface area contributed by atoms with Crippen LogP contribution in [-0.4, -0.2) is 33.7 Å². The van der Waals surface area contributed by atoms with Crippen LogP contribution in [0.25, 0.3) is 0 Å². The first-order chi connectivity index (χ1) is 11.9. The third-order valence-corrected chi connectivity index (χ3v) is 5.56. The zero-order valence-electron chi connectivity index (χ0n) is 12.9. The summed E-state index contributed by atoms with van der Waals surface area (Å²) in [6.45, 7) is 0.0481. The zero-order valence-corrected chi connectivity index (χ0v) is 14.4. The van der Waals surface area contributed by atoms with Crippen LogP contribution in [0.3, 0.4) is 0 Å². The molecule has 25 heavy (non-hydrogen) atoms. The maximum absolute atomic E-state index is 13.0. The number of carbonyl (C=O) groups excluding carboxylic acids is 1. The number of nitrogens with one attached hydrogen (secondary N) is 1. The molecule has 3 rings (SSSR count). The van der Waals surface area contributed by atoms with Gasteiger partial charge in [0.15, 0.2) is 0 Å². The van der Waals surface area contributed by atoms with E-state index in [1.165, 1.54) is 41.3 Å². The van der Waals surface area contributed by atoms with E-state index in [2.05, 4.69) is 4.72 Å². The molecule has 0 saturated carbocycles. The van der Waals surface area contributed by atoms with Crippen LogP contribution in [0.15, 0.2) is 53.4 Å². The summed E-state index contributed by atoms with van der Waals surface area (Å²) in [5.74, 6) is -0.416. The number of halogens is 2. The summed E-state index contributed by atoms with van der Waals surface area (Å²) >= 11 is 5.90. The molecule has 1 amide bonds. The summed E-state index contributed by atoms with van der Waals surface area (Å²) in [5.41, 5.74) is 0.475. The number of rotatable bonds is 5. The van der Waals surface area contributed by atoms with Crippen molar-refractivity contribution in [2.75, 3.05) is 18.0 Å². The maximum atomic E-state index is 13.0. The predicted octanol–water partition coefficient (Wildman–Crippen LogP) is 2.78. The van der Waals surface area contributed by atoms with Crippen LogP contribution in [0, 0.1) is 5.82 Å². The molecular weight excluding hydrogens is 371 g/mol. The average Bonchev–Trinajstić information content (AvgIpc) is 2.95. The van der Waals surface area contributed by atoms with Gasteiger partial charge in [-0.2, -0.15) is 0 Å². The minimum Gasteiger partial charge on any atom is -0.443 e. The first-order valence-corrected chi connectivity index (χ1v) is 9.21. The number of cyclic esters (lactones) is 1. The van der Waals surface area contributed by atoms with Crippen LogP contribution in [0.2, 0.25) is 5.02 Å². The van der Waals surface area contributed by atoms with E-state index in [1.54, 1.807) is 12.1 Å². The van der Waals surface area contributed by atoms with Crippen LogP contribution >= 0.6 is 11.6 Å². The summed E-state index contributed by atoms with van der Waals surface area (Å²) in [7, 11) is -3.82. The minimum absolute atomic E-state index is 0.0450. The number of anilines is 1. The van der Waals surface area contributed by atoms with Crippen molar-refractivity contribution >= 4 is 33.4 Å². The van der Waals surface area contributed by atoms with Gasteiger partial charge in [-0.1, -0.05) is 23.7 Å². The maximum Gasteiger partial charge on any atom is 0.414 e. The number of benzene rings is 2. The van der Waals surface area contributed by atoms with Gasteiger partial charge >= 0.3 is 6.09 Å². The van der Waals surface area contributed by atoms with Gasteiger partial charge in [0.2, 0.25) is 10.0 Å². The second kappa shape index (κ2) is 6.99. The van der Waals surface area contributed by atoms with Crippen LogP contribution in [0.1, 0.15) is 0 Å². The molecule has 0 bridgehead atoms. The van der Waals surface area contributed by atoms with Gasteiger partial charge in [0.05, 0.1) is 11.6 Å². The predicted molar refractivity (Wildman–Crippen MR) is 90.7 cm³/mol. The number of sulfonamides is 1. The fourth-order valence-corrected chi connectivity index (χ4v) is 3.99. The molecule has 1 aliphatic rings. The van der Waals surface area contributed by atoms with Gasteiger partial charge in [0.25, 0.3) is 0 Å². The van der Waals surface area contributed by atoms with Crippen molar-refractivity contribution in [1.82, 2.24) is 4.72 Å². The molecule has 2 aromatic carbocycles. The molecule has 9 heteroatoms. The van der Waals surface area contributed by atoms with E-state index >= 15 is 0 Å². The van der Waals surface area contributed by atoms with Gasteiger partial charge in [0.1, 0.15) is 16.8 Å². The lowest BCUT2D eigenvalue weighted by atomic mass is 10.2. The van der Waals surface area contributed by atoms with E-state index in [4.69, 9.17) is 16.3 Å². The van der Waals surface area contributed by atoms with Crippen molar-refractivity contribution in [1.29, 1.82) is 0 Å². The highest BCUT2D eigenvalue weighted by atomic mass is 35.5. The van der Waals surface area contributed by atoms with Crippen LogP contribution in [0.4, 0.5) is 14.9 Å². The van der Waals surface area contributed by atoms with Crippen LogP contribution in [-0.2, 0) is 14.8 Å². The van der Waals surface area contributed by atoms with Crippen molar-refractivity contribution in [2.24, 2.45) is 0 Å². The van der Waals surface area contributed by atoms with Crippen LogP contribution < -0.4 is 9.62 Å². The zero-order chi connectivity index (χ0) is 18.0. The molecule has 1 fully saturated rings. The second-order valence-corrected chi connectivity index (χ2v) is 7.52. The Bertz CT molecular complexity index is 889. The molecule has 0 aromatic heterocycles. The molecule has 0 spiro atoms. The van der Waals surface area contributed by atoms with Crippen molar-refractivity contribution < 1.29 is 22.3 Å². The normalized spacial score (nSPS) is 17.6. The second-order valence-electron chi connectivity index (χ2n) is 5.38. The van der Waals surface area contributed by atoms with E-state index in [1.807, 2.05) is 0 Å². The molecule has 6 nitrogen and oxygen atoms in total. The minimum atomic E-state index is -3.82. The largest absolute Gasteiger partial charge is 0.443 e. The first-order valence-electron chi connectivity index (χ1n) is 7.35. The topological polar surface area (TPSA) is 75.7 Å².